The van der Waals surface area contributed by atoms with Gasteiger partial charge in [0.15, 0.2) is 0 Å². The zero-order chi connectivity index (χ0) is 13.7. The van der Waals surface area contributed by atoms with Gasteiger partial charge in [0.2, 0.25) is 0 Å². The van der Waals surface area contributed by atoms with Crippen molar-refractivity contribution in [2.75, 3.05) is 0 Å². The highest BCUT2D eigenvalue weighted by molar-refractivity contribution is 7.98. The molecule has 0 aliphatic heterocycles. The molecule has 0 unspecified atom stereocenters. The Morgan fingerprint density at radius 3 is 2.63 bits per heavy atom. The first-order valence-corrected chi connectivity index (χ1v) is 7.72. The summed E-state index contributed by atoms with van der Waals surface area (Å²) in [5.74, 6) is 0.995. The third kappa shape index (κ3) is 3.85. The molecule has 1 atom stereocenters. The van der Waals surface area contributed by atoms with Gasteiger partial charge in [0.1, 0.15) is 0 Å². The van der Waals surface area contributed by atoms with Gasteiger partial charge in [-0.05, 0) is 30.5 Å². The average molecular weight is 271 g/mol. The lowest BCUT2D eigenvalue weighted by molar-refractivity contribution is 0.685. The van der Waals surface area contributed by atoms with Crippen molar-refractivity contribution in [2.45, 2.75) is 37.0 Å². The monoisotopic (exact) mass is 271 g/mol. The molecule has 0 radical (unpaired) electrons. The summed E-state index contributed by atoms with van der Waals surface area (Å²) in [6.45, 7) is 4.27. The number of hydrogen-bond donors (Lipinski definition) is 1. The fraction of sp³-hybridized carbons (Fsp3) is 0.294. The lowest BCUT2D eigenvalue weighted by Gasteiger charge is -2.14. The SMILES string of the molecule is CC[C@H](N)c1ccccc1SCc1cccc(C)c1. The Kier molecular flexibility index (Phi) is 5.06. The fourth-order valence-electron chi connectivity index (χ4n) is 2.10. The number of thioether (sulfide) groups is 1. The quantitative estimate of drug-likeness (QED) is 0.798. The van der Waals surface area contributed by atoms with Crippen LogP contribution in [0, 0.1) is 6.92 Å². The van der Waals surface area contributed by atoms with Gasteiger partial charge in [-0.25, -0.2) is 0 Å². The molecular weight excluding hydrogens is 250 g/mol. The first-order valence-electron chi connectivity index (χ1n) is 6.73. The van der Waals surface area contributed by atoms with Crippen molar-refractivity contribution < 1.29 is 0 Å². The summed E-state index contributed by atoms with van der Waals surface area (Å²) >= 11 is 1.87. The molecule has 0 bridgehead atoms. The smallest absolute Gasteiger partial charge is 0.0303 e. The molecule has 2 rings (SSSR count). The maximum absolute atomic E-state index is 6.17. The highest BCUT2D eigenvalue weighted by Gasteiger charge is 2.09. The molecule has 0 spiro atoms. The molecule has 0 saturated heterocycles. The van der Waals surface area contributed by atoms with E-state index in [1.165, 1.54) is 21.6 Å². The predicted octanol–water partition coefficient (Wildman–Crippen LogP) is 4.70. The van der Waals surface area contributed by atoms with E-state index in [-0.39, 0.29) is 6.04 Å². The molecule has 0 aromatic heterocycles. The third-order valence-electron chi connectivity index (χ3n) is 3.24. The number of nitrogens with two attached hydrogens (primary N) is 1. The molecule has 2 aromatic carbocycles. The zero-order valence-electron chi connectivity index (χ0n) is 11.6. The topological polar surface area (TPSA) is 26.0 Å². The van der Waals surface area contributed by atoms with Gasteiger partial charge in [0.25, 0.3) is 0 Å². The number of aryl methyl sites for hydroxylation is 1. The molecule has 0 heterocycles. The molecule has 2 heteroatoms. The second kappa shape index (κ2) is 6.78. The van der Waals surface area contributed by atoms with E-state index in [9.17, 15) is 0 Å². The molecule has 1 nitrogen and oxygen atoms in total. The van der Waals surface area contributed by atoms with E-state index in [4.69, 9.17) is 5.73 Å². The van der Waals surface area contributed by atoms with Gasteiger partial charge in [-0.15, -0.1) is 11.8 Å². The van der Waals surface area contributed by atoms with Crippen molar-refractivity contribution >= 4 is 11.8 Å². The van der Waals surface area contributed by atoms with Gasteiger partial charge in [0, 0.05) is 16.7 Å². The summed E-state index contributed by atoms with van der Waals surface area (Å²) in [7, 11) is 0. The van der Waals surface area contributed by atoms with Crippen molar-refractivity contribution in [3.8, 4) is 0 Å². The highest BCUT2D eigenvalue weighted by Crippen LogP contribution is 2.30. The van der Waals surface area contributed by atoms with Crippen LogP contribution in [0.5, 0.6) is 0 Å². The first kappa shape index (κ1) is 14.2. The molecule has 0 aliphatic rings. The van der Waals surface area contributed by atoms with Crippen LogP contribution in [0.25, 0.3) is 0 Å². The molecule has 0 amide bonds. The maximum atomic E-state index is 6.17. The molecule has 2 N–H and O–H groups in total. The van der Waals surface area contributed by atoms with Crippen molar-refractivity contribution in [2.24, 2.45) is 5.73 Å². The van der Waals surface area contributed by atoms with Crippen LogP contribution in [0.15, 0.2) is 53.4 Å². The van der Waals surface area contributed by atoms with Crippen molar-refractivity contribution in [3.05, 3.63) is 65.2 Å². The Bertz CT molecular complexity index is 536. The minimum absolute atomic E-state index is 0.140. The molecule has 0 saturated carbocycles. The summed E-state index contributed by atoms with van der Waals surface area (Å²) in [6, 6.07) is 17.3. The Morgan fingerprint density at radius 1 is 1.11 bits per heavy atom. The van der Waals surface area contributed by atoms with E-state index in [1.54, 1.807) is 0 Å². The second-order valence-corrected chi connectivity index (χ2v) is 5.85. The number of hydrogen-bond acceptors (Lipinski definition) is 2. The van der Waals surface area contributed by atoms with Crippen LogP contribution >= 0.6 is 11.8 Å². The minimum atomic E-state index is 0.140. The van der Waals surface area contributed by atoms with Crippen molar-refractivity contribution in [1.29, 1.82) is 0 Å². The molecule has 2 aromatic rings. The fourth-order valence-corrected chi connectivity index (χ4v) is 3.16. The average Bonchev–Trinajstić information content (AvgIpc) is 2.45. The van der Waals surface area contributed by atoms with Crippen molar-refractivity contribution in [3.63, 3.8) is 0 Å². The summed E-state index contributed by atoms with van der Waals surface area (Å²) in [6.07, 6.45) is 0.974. The minimum Gasteiger partial charge on any atom is -0.324 e. The van der Waals surface area contributed by atoms with E-state index in [1.807, 2.05) is 11.8 Å². The van der Waals surface area contributed by atoms with Gasteiger partial charge >= 0.3 is 0 Å². The van der Waals surface area contributed by atoms with Crippen LogP contribution in [0.2, 0.25) is 0 Å². The lowest BCUT2D eigenvalue weighted by Crippen LogP contribution is -2.09. The maximum Gasteiger partial charge on any atom is 0.0303 e. The summed E-state index contributed by atoms with van der Waals surface area (Å²) < 4.78 is 0. The summed E-state index contributed by atoms with van der Waals surface area (Å²) in [5.41, 5.74) is 10.1. The second-order valence-electron chi connectivity index (χ2n) is 4.83. The van der Waals surface area contributed by atoms with E-state index in [0.29, 0.717) is 0 Å². The number of benzene rings is 2. The molecule has 0 aliphatic carbocycles. The highest BCUT2D eigenvalue weighted by atomic mass is 32.2. The van der Waals surface area contributed by atoms with Crippen LogP contribution in [0.1, 0.15) is 36.1 Å². The largest absolute Gasteiger partial charge is 0.324 e. The van der Waals surface area contributed by atoms with Crippen molar-refractivity contribution in [1.82, 2.24) is 0 Å². The predicted molar refractivity (Wildman–Crippen MR) is 84.4 cm³/mol. The van der Waals surface area contributed by atoms with Gasteiger partial charge in [-0.2, -0.15) is 0 Å². The van der Waals surface area contributed by atoms with Gasteiger partial charge in [-0.3, -0.25) is 0 Å². The van der Waals surface area contributed by atoms with Crippen LogP contribution in [0.3, 0.4) is 0 Å². The summed E-state index contributed by atoms with van der Waals surface area (Å²) in [4.78, 5) is 1.30. The van der Waals surface area contributed by atoms with Gasteiger partial charge < -0.3 is 5.73 Å². The molecule has 100 valence electrons. The standard InChI is InChI=1S/C17H21NS/c1-3-16(18)15-9-4-5-10-17(15)19-12-14-8-6-7-13(2)11-14/h4-11,16H,3,12,18H2,1-2H3/t16-/m0/s1. The van der Waals surface area contributed by atoms with Crippen LogP contribution in [-0.4, -0.2) is 0 Å². The molecule has 0 fully saturated rings. The van der Waals surface area contributed by atoms with Crippen LogP contribution < -0.4 is 5.73 Å². The van der Waals surface area contributed by atoms with Gasteiger partial charge in [0.05, 0.1) is 0 Å². The van der Waals surface area contributed by atoms with E-state index in [2.05, 4.69) is 62.4 Å². The van der Waals surface area contributed by atoms with Gasteiger partial charge in [-0.1, -0.05) is 55.0 Å². The van der Waals surface area contributed by atoms with Crippen LogP contribution in [-0.2, 0) is 5.75 Å². The molecular formula is C17H21NS. The van der Waals surface area contributed by atoms with Crippen LogP contribution in [0.4, 0.5) is 0 Å². The molecule has 19 heavy (non-hydrogen) atoms. The first-order chi connectivity index (χ1) is 9.20. The Labute approximate surface area is 120 Å². The third-order valence-corrected chi connectivity index (χ3v) is 4.40. The van der Waals surface area contributed by atoms with E-state index < -0.39 is 0 Å². The normalized spacial score (nSPS) is 12.4. The Hall–Kier alpha value is -1.25. The lowest BCUT2D eigenvalue weighted by atomic mass is 10.1. The number of rotatable bonds is 5. The van der Waals surface area contributed by atoms with E-state index >= 15 is 0 Å². The summed E-state index contributed by atoms with van der Waals surface area (Å²) in [5, 5.41) is 0. The Morgan fingerprint density at radius 2 is 1.89 bits per heavy atom. The Balaban J connectivity index is 2.11. The zero-order valence-corrected chi connectivity index (χ0v) is 12.4. The van der Waals surface area contributed by atoms with E-state index in [0.717, 1.165) is 12.2 Å².